The fourth-order valence-corrected chi connectivity index (χ4v) is 3.86. The molecule has 2 aromatic rings. The molecule has 0 saturated heterocycles. The SMILES string of the molecule is CC(C)(C)[C@H]1CCc2sc(C(=O)Nc3nn[nH]n3)cc2C1. The van der Waals surface area contributed by atoms with E-state index in [0.717, 1.165) is 17.7 Å². The average Bonchev–Trinajstić information content (AvgIpc) is 3.04. The zero-order valence-corrected chi connectivity index (χ0v) is 13.3. The maximum atomic E-state index is 12.2. The lowest BCUT2D eigenvalue weighted by Crippen LogP contribution is -2.26. The Balaban J connectivity index is 1.76. The van der Waals surface area contributed by atoms with Crippen molar-refractivity contribution in [2.24, 2.45) is 11.3 Å². The number of nitrogens with one attached hydrogen (secondary N) is 2. The number of hydrogen-bond donors (Lipinski definition) is 2. The van der Waals surface area contributed by atoms with E-state index in [1.807, 2.05) is 6.07 Å². The topological polar surface area (TPSA) is 83.6 Å². The Kier molecular flexibility index (Phi) is 3.52. The molecule has 1 atom stereocenters. The van der Waals surface area contributed by atoms with E-state index in [0.29, 0.717) is 11.3 Å². The molecule has 6 nitrogen and oxygen atoms in total. The minimum Gasteiger partial charge on any atom is -0.287 e. The van der Waals surface area contributed by atoms with Gasteiger partial charge >= 0.3 is 0 Å². The van der Waals surface area contributed by atoms with Crippen LogP contribution in [0.1, 0.15) is 47.3 Å². The molecule has 0 fully saturated rings. The zero-order chi connectivity index (χ0) is 15.0. The molecule has 1 amide bonds. The number of rotatable bonds is 2. The van der Waals surface area contributed by atoms with Crippen molar-refractivity contribution in [3.05, 3.63) is 21.4 Å². The quantitative estimate of drug-likeness (QED) is 0.893. The largest absolute Gasteiger partial charge is 0.287 e. The summed E-state index contributed by atoms with van der Waals surface area (Å²) in [5, 5.41) is 15.9. The maximum Gasteiger partial charge on any atom is 0.270 e. The molecular formula is C14H19N5OS. The number of amides is 1. The van der Waals surface area contributed by atoms with Gasteiger partial charge in [0.2, 0.25) is 0 Å². The summed E-state index contributed by atoms with van der Waals surface area (Å²) in [6.07, 6.45) is 3.32. The number of carbonyl (C=O) groups is 1. The van der Waals surface area contributed by atoms with Crippen molar-refractivity contribution >= 4 is 23.2 Å². The standard InChI is InChI=1S/C14H19N5OS/c1-14(2,3)9-4-5-10-8(6-9)7-11(21-10)12(20)15-13-16-18-19-17-13/h7,9H,4-6H2,1-3H3,(H2,15,16,17,18,19,20)/t9-/m0/s1. The summed E-state index contributed by atoms with van der Waals surface area (Å²) in [7, 11) is 0. The van der Waals surface area contributed by atoms with E-state index in [1.165, 1.54) is 16.9 Å². The van der Waals surface area contributed by atoms with Gasteiger partial charge < -0.3 is 0 Å². The number of carbonyl (C=O) groups excluding carboxylic acids is 1. The van der Waals surface area contributed by atoms with Crippen LogP contribution < -0.4 is 5.32 Å². The van der Waals surface area contributed by atoms with Crippen LogP contribution in [-0.4, -0.2) is 26.5 Å². The number of nitrogens with zero attached hydrogens (tertiary/aromatic N) is 3. The molecule has 21 heavy (non-hydrogen) atoms. The third-order valence-corrected chi connectivity index (χ3v) is 5.34. The summed E-state index contributed by atoms with van der Waals surface area (Å²) in [4.78, 5) is 14.2. The highest BCUT2D eigenvalue weighted by molar-refractivity contribution is 7.14. The van der Waals surface area contributed by atoms with Crippen molar-refractivity contribution in [1.82, 2.24) is 20.6 Å². The number of aromatic nitrogens is 4. The predicted octanol–water partition coefficient (Wildman–Crippen LogP) is 2.66. The first-order chi connectivity index (χ1) is 9.93. The Morgan fingerprint density at radius 1 is 1.48 bits per heavy atom. The van der Waals surface area contributed by atoms with Crippen LogP contribution in [0.2, 0.25) is 0 Å². The Morgan fingerprint density at radius 2 is 2.29 bits per heavy atom. The van der Waals surface area contributed by atoms with E-state index in [1.54, 1.807) is 11.3 Å². The second kappa shape index (κ2) is 5.22. The molecular weight excluding hydrogens is 286 g/mol. The van der Waals surface area contributed by atoms with Gasteiger partial charge in [0.1, 0.15) is 0 Å². The third-order valence-electron chi connectivity index (χ3n) is 4.10. The van der Waals surface area contributed by atoms with Crippen LogP contribution >= 0.6 is 11.3 Å². The number of hydrogen-bond acceptors (Lipinski definition) is 5. The molecule has 0 aromatic carbocycles. The third kappa shape index (κ3) is 2.97. The lowest BCUT2D eigenvalue weighted by atomic mass is 9.72. The normalized spacial score (nSPS) is 18.3. The number of thiophene rings is 1. The van der Waals surface area contributed by atoms with Gasteiger partial charge in [0.15, 0.2) is 0 Å². The molecule has 3 rings (SSSR count). The van der Waals surface area contributed by atoms with Gasteiger partial charge in [0.25, 0.3) is 11.9 Å². The Morgan fingerprint density at radius 3 is 2.95 bits per heavy atom. The smallest absolute Gasteiger partial charge is 0.270 e. The molecule has 0 aliphatic heterocycles. The summed E-state index contributed by atoms with van der Waals surface area (Å²) < 4.78 is 0. The molecule has 0 radical (unpaired) electrons. The number of aromatic amines is 1. The highest BCUT2D eigenvalue weighted by atomic mass is 32.1. The molecule has 7 heteroatoms. The molecule has 1 aliphatic rings. The number of H-pyrrole nitrogens is 1. The number of aryl methyl sites for hydroxylation is 1. The van der Waals surface area contributed by atoms with Gasteiger partial charge in [-0.3, -0.25) is 10.1 Å². The van der Waals surface area contributed by atoms with E-state index < -0.39 is 0 Å². The Bertz CT molecular complexity index is 641. The lowest BCUT2D eigenvalue weighted by Gasteiger charge is -2.33. The van der Waals surface area contributed by atoms with Gasteiger partial charge in [-0.2, -0.15) is 5.21 Å². The predicted molar refractivity (Wildman–Crippen MR) is 81.4 cm³/mol. The van der Waals surface area contributed by atoms with Crippen LogP contribution in [0.25, 0.3) is 0 Å². The van der Waals surface area contributed by atoms with Crippen molar-refractivity contribution in [2.45, 2.75) is 40.0 Å². The van der Waals surface area contributed by atoms with E-state index >= 15 is 0 Å². The van der Waals surface area contributed by atoms with Gasteiger partial charge in [-0.05, 0) is 47.4 Å². The first-order valence-corrected chi connectivity index (χ1v) is 7.91. The van der Waals surface area contributed by atoms with Gasteiger partial charge in [-0.15, -0.1) is 16.4 Å². The second-order valence-electron chi connectivity index (χ2n) is 6.55. The van der Waals surface area contributed by atoms with E-state index in [-0.39, 0.29) is 11.9 Å². The molecule has 2 N–H and O–H groups in total. The maximum absolute atomic E-state index is 12.2. The molecule has 0 bridgehead atoms. The van der Waals surface area contributed by atoms with Crippen LogP contribution in [0.3, 0.4) is 0 Å². The molecule has 2 aromatic heterocycles. The van der Waals surface area contributed by atoms with Crippen molar-refractivity contribution in [3.63, 3.8) is 0 Å². The minimum atomic E-state index is -0.164. The first kappa shape index (κ1) is 14.2. The van der Waals surface area contributed by atoms with E-state index in [2.05, 4.69) is 46.7 Å². The van der Waals surface area contributed by atoms with E-state index in [9.17, 15) is 4.79 Å². The average molecular weight is 305 g/mol. The fourth-order valence-electron chi connectivity index (χ4n) is 2.75. The highest BCUT2D eigenvalue weighted by Gasteiger charge is 2.30. The van der Waals surface area contributed by atoms with Crippen LogP contribution in [0.4, 0.5) is 5.95 Å². The first-order valence-electron chi connectivity index (χ1n) is 7.10. The van der Waals surface area contributed by atoms with Crippen LogP contribution in [0.5, 0.6) is 0 Å². The van der Waals surface area contributed by atoms with Crippen molar-refractivity contribution < 1.29 is 4.79 Å². The van der Waals surface area contributed by atoms with Crippen LogP contribution in [0.15, 0.2) is 6.07 Å². The van der Waals surface area contributed by atoms with Crippen molar-refractivity contribution in [1.29, 1.82) is 0 Å². The van der Waals surface area contributed by atoms with Gasteiger partial charge in [-0.1, -0.05) is 25.9 Å². The molecule has 0 saturated carbocycles. The fraction of sp³-hybridized carbons (Fsp3) is 0.571. The van der Waals surface area contributed by atoms with E-state index in [4.69, 9.17) is 0 Å². The summed E-state index contributed by atoms with van der Waals surface area (Å²) in [6.45, 7) is 6.87. The summed E-state index contributed by atoms with van der Waals surface area (Å²) in [6, 6.07) is 2.02. The van der Waals surface area contributed by atoms with Gasteiger partial charge in [0, 0.05) is 4.88 Å². The Labute approximate surface area is 127 Å². The highest BCUT2D eigenvalue weighted by Crippen LogP contribution is 2.40. The Hall–Kier alpha value is -1.76. The van der Waals surface area contributed by atoms with Crippen LogP contribution in [-0.2, 0) is 12.8 Å². The monoisotopic (exact) mass is 305 g/mol. The minimum absolute atomic E-state index is 0.164. The van der Waals surface area contributed by atoms with Gasteiger partial charge in [-0.25, -0.2) is 0 Å². The van der Waals surface area contributed by atoms with Crippen molar-refractivity contribution in [2.75, 3.05) is 5.32 Å². The molecule has 0 spiro atoms. The number of tetrazole rings is 1. The molecule has 1 aliphatic carbocycles. The summed E-state index contributed by atoms with van der Waals surface area (Å²) >= 11 is 1.58. The second-order valence-corrected chi connectivity index (χ2v) is 7.69. The number of fused-ring (bicyclic) bond motifs is 1. The zero-order valence-electron chi connectivity index (χ0n) is 12.4. The molecule has 2 heterocycles. The summed E-state index contributed by atoms with van der Waals surface area (Å²) in [5.41, 5.74) is 1.64. The van der Waals surface area contributed by atoms with Crippen molar-refractivity contribution in [3.8, 4) is 0 Å². The summed E-state index contributed by atoms with van der Waals surface area (Å²) in [5.74, 6) is 0.717. The van der Waals surface area contributed by atoms with Crippen LogP contribution in [0, 0.1) is 11.3 Å². The lowest BCUT2D eigenvalue weighted by molar-refractivity contribution is 0.102. The molecule has 0 unspecified atom stereocenters. The molecule has 112 valence electrons. The van der Waals surface area contributed by atoms with Gasteiger partial charge in [0.05, 0.1) is 4.88 Å². The number of anilines is 1.